The zero-order chi connectivity index (χ0) is 14.8. The van der Waals surface area contributed by atoms with Gasteiger partial charge < -0.3 is 15.8 Å². The average molecular weight is 283 g/mol. The Labute approximate surface area is 123 Å². The van der Waals surface area contributed by atoms with Crippen molar-refractivity contribution in [2.75, 3.05) is 12.3 Å². The number of pyridine rings is 1. The van der Waals surface area contributed by atoms with Crippen molar-refractivity contribution in [1.29, 1.82) is 0 Å². The van der Waals surface area contributed by atoms with Crippen molar-refractivity contribution >= 4 is 11.7 Å². The number of anilines is 1. The third kappa shape index (κ3) is 2.67. The van der Waals surface area contributed by atoms with Crippen molar-refractivity contribution in [3.8, 4) is 5.75 Å². The molecular weight excluding hydrogens is 266 g/mol. The number of nitrogens with one attached hydrogen (secondary N) is 1. The highest BCUT2D eigenvalue weighted by Gasteiger charge is 2.25. The number of ether oxygens (including phenoxy) is 1. The molecule has 1 atom stereocenters. The van der Waals surface area contributed by atoms with Crippen molar-refractivity contribution in [2.45, 2.75) is 19.4 Å². The van der Waals surface area contributed by atoms with E-state index in [2.05, 4.69) is 10.3 Å². The number of amides is 1. The Hall–Kier alpha value is -2.56. The molecule has 0 saturated carbocycles. The van der Waals surface area contributed by atoms with Crippen LogP contribution in [0.2, 0.25) is 0 Å². The highest BCUT2D eigenvalue weighted by atomic mass is 16.5. The molecule has 1 aromatic heterocycles. The minimum Gasteiger partial charge on any atom is -0.491 e. The molecule has 1 aromatic carbocycles. The molecule has 5 nitrogen and oxygen atoms in total. The lowest BCUT2D eigenvalue weighted by molar-refractivity contribution is 0.0930. The summed E-state index contributed by atoms with van der Waals surface area (Å²) in [5, 5.41) is 2.98. The van der Waals surface area contributed by atoms with Crippen LogP contribution < -0.4 is 15.8 Å². The molecule has 1 aliphatic rings. The number of hydrogen-bond donors (Lipinski definition) is 2. The van der Waals surface area contributed by atoms with Gasteiger partial charge in [-0.3, -0.25) is 4.79 Å². The molecule has 108 valence electrons. The van der Waals surface area contributed by atoms with Gasteiger partial charge in [0.1, 0.15) is 18.2 Å². The Balaban J connectivity index is 1.80. The number of nitrogens with two attached hydrogens (primary N) is 1. The highest BCUT2D eigenvalue weighted by molar-refractivity contribution is 5.95. The summed E-state index contributed by atoms with van der Waals surface area (Å²) in [6.45, 7) is 2.43. The molecule has 0 spiro atoms. The van der Waals surface area contributed by atoms with Gasteiger partial charge in [0.25, 0.3) is 5.91 Å². The SMILES string of the molecule is CCc1cc(C(=O)NC2COc3ccccc32)cc(N)n1. The molecule has 0 aliphatic carbocycles. The van der Waals surface area contributed by atoms with Gasteiger partial charge in [-0.05, 0) is 24.6 Å². The Morgan fingerprint density at radius 2 is 2.24 bits per heavy atom. The van der Waals surface area contributed by atoms with E-state index in [-0.39, 0.29) is 11.9 Å². The van der Waals surface area contributed by atoms with E-state index in [4.69, 9.17) is 10.5 Å². The highest BCUT2D eigenvalue weighted by Crippen LogP contribution is 2.31. The van der Waals surface area contributed by atoms with Gasteiger partial charge in [0.05, 0.1) is 6.04 Å². The second-order valence-electron chi connectivity index (χ2n) is 5.00. The molecule has 21 heavy (non-hydrogen) atoms. The van der Waals surface area contributed by atoms with E-state index in [9.17, 15) is 4.79 Å². The largest absolute Gasteiger partial charge is 0.491 e. The Kier molecular flexibility index (Phi) is 3.48. The molecule has 1 unspecified atom stereocenters. The van der Waals surface area contributed by atoms with Crippen molar-refractivity contribution in [1.82, 2.24) is 10.3 Å². The molecular formula is C16H17N3O2. The van der Waals surface area contributed by atoms with E-state index in [1.165, 1.54) is 0 Å². The zero-order valence-corrected chi connectivity index (χ0v) is 11.8. The first kappa shape index (κ1) is 13.4. The average Bonchev–Trinajstić information content (AvgIpc) is 2.90. The van der Waals surface area contributed by atoms with Crippen molar-refractivity contribution in [3.05, 3.63) is 53.2 Å². The molecule has 3 N–H and O–H groups in total. The van der Waals surface area contributed by atoms with Crippen molar-refractivity contribution < 1.29 is 9.53 Å². The third-order valence-electron chi connectivity index (χ3n) is 3.53. The molecule has 0 saturated heterocycles. The van der Waals surface area contributed by atoms with Gasteiger partial charge in [-0.1, -0.05) is 25.1 Å². The van der Waals surface area contributed by atoms with Crippen LogP contribution in [0.4, 0.5) is 5.82 Å². The standard InChI is InChI=1S/C16H17N3O2/c1-2-11-7-10(8-15(17)18-11)16(20)19-13-9-21-14-6-4-3-5-12(13)14/h3-8,13H,2,9H2,1H3,(H2,17,18)(H,19,20). The predicted molar refractivity (Wildman–Crippen MR) is 80.2 cm³/mol. The Morgan fingerprint density at radius 1 is 1.43 bits per heavy atom. The van der Waals surface area contributed by atoms with Crippen LogP contribution in [0.1, 0.15) is 34.6 Å². The van der Waals surface area contributed by atoms with Crippen LogP contribution >= 0.6 is 0 Å². The number of aromatic nitrogens is 1. The first-order valence-electron chi connectivity index (χ1n) is 6.96. The molecule has 0 radical (unpaired) electrons. The van der Waals surface area contributed by atoms with E-state index in [0.29, 0.717) is 18.0 Å². The normalized spacial score (nSPS) is 16.1. The second kappa shape index (κ2) is 5.44. The summed E-state index contributed by atoms with van der Waals surface area (Å²) in [6, 6.07) is 11.0. The number of fused-ring (bicyclic) bond motifs is 1. The molecule has 0 bridgehead atoms. The lowest BCUT2D eigenvalue weighted by Crippen LogP contribution is -2.29. The van der Waals surface area contributed by atoms with Gasteiger partial charge in [0.15, 0.2) is 0 Å². The minimum atomic E-state index is -0.163. The van der Waals surface area contributed by atoms with Gasteiger partial charge in [-0.15, -0.1) is 0 Å². The van der Waals surface area contributed by atoms with Crippen LogP contribution in [0.5, 0.6) is 5.75 Å². The minimum absolute atomic E-state index is 0.131. The number of aryl methyl sites for hydroxylation is 1. The molecule has 1 aliphatic heterocycles. The fourth-order valence-corrected chi connectivity index (χ4v) is 2.45. The number of nitrogen functional groups attached to an aromatic ring is 1. The van der Waals surface area contributed by atoms with Crippen LogP contribution in [0.25, 0.3) is 0 Å². The molecule has 0 fully saturated rings. The Morgan fingerprint density at radius 3 is 3.05 bits per heavy atom. The van der Waals surface area contributed by atoms with Crippen molar-refractivity contribution in [3.63, 3.8) is 0 Å². The maximum Gasteiger partial charge on any atom is 0.252 e. The Bertz CT molecular complexity index is 685. The summed E-state index contributed by atoms with van der Waals surface area (Å²) in [4.78, 5) is 16.6. The summed E-state index contributed by atoms with van der Waals surface area (Å²) in [5.74, 6) is 1.03. The summed E-state index contributed by atoms with van der Waals surface area (Å²) < 4.78 is 5.56. The second-order valence-corrected chi connectivity index (χ2v) is 5.00. The maximum atomic E-state index is 12.4. The van der Waals surface area contributed by atoms with Crippen LogP contribution in [0.3, 0.4) is 0 Å². The fraction of sp³-hybridized carbons (Fsp3) is 0.250. The lowest BCUT2D eigenvalue weighted by atomic mass is 10.1. The van der Waals surface area contributed by atoms with E-state index in [0.717, 1.165) is 23.4 Å². The first-order valence-corrected chi connectivity index (χ1v) is 6.96. The first-order chi connectivity index (χ1) is 10.2. The van der Waals surface area contributed by atoms with Gasteiger partial charge in [-0.25, -0.2) is 4.98 Å². The smallest absolute Gasteiger partial charge is 0.252 e. The topological polar surface area (TPSA) is 77.2 Å². The van der Waals surface area contributed by atoms with E-state index in [1.54, 1.807) is 12.1 Å². The third-order valence-corrected chi connectivity index (χ3v) is 3.53. The number of nitrogens with zero attached hydrogens (tertiary/aromatic N) is 1. The lowest BCUT2D eigenvalue weighted by Gasteiger charge is -2.12. The molecule has 2 aromatic rings. The number of benzene rings is 1. The number of carbonyl (C=O) groups excluding carboxylic acids is 1. The summed E-state index contributed by atoms with van der Waals surface area (Å²) in [6.07, 6.45) is 0.737. The zero-order valence-electron chi connectivity index (χ0n) is 11.8. The quantitative estimate of drug-likeness (QED) is 0.904. The number of carbonyl (C=O) groups is 1. The van der Waals surface area contributed by atoms with Crippen molar-refractivity contribution in [2.24, 2.45) is 0 Å². The fourth-order valence-electron chi connectivity index (χ4n) is 2.45. The van der Waals surface area contributed by atoms with Crippen LogP contribution in [0.15, 0.2) is 36.4 Å². The van der Waals surface area contributed by atoms with Gasteiger partial charge in [-0.2, -0.15) is 0 Å². The van der Waals surface area contributed by atoms with Crippen LogP contribution in [-0.2, 0) is 6.42 Å². The van der Waals surface area contributed by atoms with Gasteiger partial charge in [0.2, 0.25) is 0 Å². The molecule has 1 amide bonds. The predicted octanol–water partition coefficient (Wildman–Crippen LogP) is 2.09. The molecule has 2 heterocycles. The van der Waals surface area contributed by atoms with E-state index < -0.39 is 0 Å². The van der Waals surface area contributed by atoms with Gasteiger partial charge >= 0.3 is 0 Å². The molecule has 5 heteroatoms. The van der Waals surface area contributed by atoms with Crippen LogP contribution in [-0.4, -0.2) is 17.5 Å². The van der Waals surface area contributed by atoms with E-state index in [1.807, 2.05) is 31.2 Å². The summed E-state index contributed by atoms with van der Waals surface area (Å²) in [7, 11) is 0. The number of para-hydroxylation sites is 1. The molecule has 3 rings (SSSR count). The van der Waals surface area contributed by atoms with Crippen LogP contribution in [0, 0.1) is 0 Å². The summed E-state index contributed by atoms with van der Waals surface area (Å²) >= 11 is 0. The summed E-state index contributed by atoms with van der Waals surface area (Å²) in [5.41, 5.74) is 8.08. The number of rotatable bonds is 3. The number of hydrogen-bond acceptors (Lipinski definition) is 4. The monoisotopic (exact) mass is 283 g/mol. The maximum absolute atomic E-state index is 12.4. The van der Waals surface area contributed by atoms with E-state index >= 15 is 0 Å². The van der Waals surface area contributed by atoms with Gasteiger partial charge in [0, 0.05) is 16.8 Å².